The summed E-state index contributed by atoms with van der Waals surface area (Å²) in [6.45, 7) is 3.56. The molecule has 0 fully saturated rings. The summed E-state index contributed by atoms with van der Waals surface area (Å²) in [5, 5.41) is 0. The number of aromatic nitrogens is 2. The molecule has 0 saturated heterocycles. The van der Waals surface area contributed by atoms with Gasteiger partial charge in [-0.25, -0.2) is 18.2 Å². The Balaban J connectivity index is 1.53. The number of pyridine rings is 1. The van der Waals surface area contributed by atoms with E-state index in [0.717, 1.165) is 15.4 Å². The molecule has 0 aliphatic heterocycles. The summed E-state index contributed by atoms with van der Waals surface area (Å²) in [5.41, 5.74) is 2.96. The maximum absolute atomic E-state index is 13.1. The normalized spacial score (nSPS) is 11.4. The van der Waals surface area contributed by atoms with E-state index in [9.17, 15) is 18.0 Å². The van der Waals surface area contributed by atoms with Crippen molar-refractivity contribution >= 4 is 27.3 Å². The molecule has 0 radical (unpaired) electrons. The fraction of sp³-hybridized carbons (Fsp3) is 0.160. The maximum Gasteiger partial charge on any atom is 0.338 e. The van der Waals surface area contributed by atoms with Gasteiger partial charge in [-0.1, -0.05) is 29.8 Å². The molecule has 8 nitrogen and oxygen atoms in total. The van der Waals surface area contributed by atoms with Crippen molar-refractivity contribution in [3.05, 3.63) is 106 Å². The van der Waals surface area contributed by atoms with Gasteiger partial charge in [0.1, 0.15) is 12.3 Å². The standard InChI is InChI=1S/C25H23N3O5S/c1-17-7-10-21(11-8-17)27(3)34(31,32)22-6-4-5-19(13-22)25(30)33-16-20-14-24(29)28-15-18(2)9-12-23(28)26-20/h4-15H,16H2,1-3H3. The molecule has 4 aromatic rings. The fourth-order valence-electron chi connectivity index (χ4n) is 3.39. The van der Waals surface area contributed by atoms with Crippen molar-refractivity contribution in [1.29, 1.82) is 0 Å². The predicted octanol–water partition coefficient (Wildman–Crippen LogP) is 3.49. The van der Waals surface area contributed by atoms with Gasteiger partial charge in [0.25, 0.3) is 15.6 Å². The Hall–Kier alpha value is -3.98. The smallest absolute Gasteiger partial charge is 0.338 e. The van der Waals surface area contributed by atoms with Crippen molar-refractivity contribution in [3.63, 3.8) is 0 Å². The Kier molecular flexibility index (Phi) is 6.21. The van der Waals surface area contributed by atoms with E-state index in [-0.39, 0.29) is 22.6 Å². The number of carbonyl (C=O) groups excluding carboxylic acids is 1. The lowest BCUT2D eigenvalue weighted by Crippen LogP contribution is -2.26. The number of hydrogen-bond acceptors (Lipinski definition) is 6. The van der Waals surface area contributed by atoms with Crippen LogP contribution in [0.1, 0.15) is 27.2 Å². The van der Waals surface area contributed by atoms with E-state index >= 15 is 0 Å². The van der Waals surface area contributed by atoms with Crippen LogP contribution in [-0.2, 0) is 21.4 Å². The lowest BCUT2D eigenvalue weighted by Gasteiger charge is -2.20. The maximum atomic E-state index is 13.1. The van der Waals surface area contributed by atoms with Crippen LogP contribution in [0.2, 0.25) is 0 Å². The van der Waals surface area contributed by atoms with Gasteiger partial charge in [-0.15, -0.1) is 0 Å². The van der Waals surface area contributed by atoms with Crippen LogP contribution >= 0.6 is 0 Å². The highest BCUT2D eigenvalue weighted by molar-refractivity contribution is 7.92. The van der Waals surface area contributed by atoms with Crippen LogP contribution in [0.3, 0.4) is 0 Å². The molecule has 0 atom stereocenters. The molecule has 0 saturated carbocycles. The first-order chi connectivity index (χ1) is 16.1. The zero-order chi connectivity index (χ0) is 24.5. The first-order valence-corrected chi connectivity index (χ1v) is 11.9. The van der Waals surface area contributed by atoms with Gasteiger partial charge >= 0.3 is 5.97 Å². The molecule has 174 valence electrons. The first-order valence-electron chi connectivity index (χ1n) is 10.5. The van der Waals surface area contributed by atoms with Crippen LogP contribution in [0.5, 0.6) is 0 Å². The number of ether oxygens (including phenoxy) is 1. The van der Waals surface area contributed by atoms with Crippen LogP contribution in [0, 0.1) is 13.8 Å². The third-order valence-electron chi connectivity index (χ3n) is 5.34. The summed E-state index contributed by atoms with van der Waals surface area (Å²) in [6, 6.07) is 17.6. The number of fused-ring (bicyclic) bond motifs is 1. The highest BCUT2D eigenvalue weighted by Gasteiger charge is 2.23. The molecule has 9 heteroatoms. The van der Waals surface area contributed by atoms with Crippen molar-refractivity contribution in [3.8, 4) is 0 Å². The van der Waals surface area contributed by atoms with Crippen molar-refractivity contribution in [2.45, 2.75) is 25.3 Å². The van der Waals surface area contributed by atoms with Gasteiger partial charge in [0.15, 0.2) is 0 Å². The molecule has 0 aliphatic rings. The van der Waals surface area contributed by atoms with Gasteiger partial charge in [-0.05, 0) is 55.8 Å². The van der Waals surface area contributed by atoms with E-state index in [0.29, 0.717) is 17.0 Å². The van der Waals surface area contributed by atoms with E-state index in [1.54, 1.807) is 24.4 Å². The van der Waals surface area contributed by atoms with Crippen LogP contribution < -0.4 is 9.86 Å². The quantitative estimate of drug-likeness (QED) is 0.394. The van der Waals surface area contributed by atoms with E-state index in [1.807, 2.05) is 32.0 Å². The molecule has 2 aromatic heterocycles. The molecule has 0 bridgehead atoms. The van der Waals surface area contributed by atoms with Crippen molar-refractivity contribution < 1.29 is 17.9 Å². The average molecular weight is 478 g/mol. The molecule has 0 aliphatic carbocycles. The van der Waals surface area contributed by atoms with Crippen LogP contribution in [0.4, 0.5) is 5.69 Å². The minimum atomic E-state index is -3.89. The van der Waals surface area contributed by atoms with Crippen molar-refractivity contribution in [2.24, 2.45) is 0 Å². The number of hydrogen-bond donors (Lipinski definition) is 0. The number of nitrogens with zero attached hydrogens (tertiary/aromatic N) is 3. The lowest BCUT2D eigenvalue weighted by molar-refractivity contribution is 0.0467. The number of anilines is 1. The molecular weight excluding hydrogens is 454 g/mol. The Morgan fingerprint density at radius 1 is 1.00 bits per heavy atom. The second-order valence-corrected chi connectivity index (χ2v) is 9.90. The Morgan fingerprint density at radius 3 is 2.44 bits per heavy atom. The molecule has 2 heterocycles. The highest BCUT2D eigenvalue weighted by atomic mass is 32.2. The topological polar surface area (TPSA) is 98.0 Å². The van der Waals surface area contributed by atoms with Crippen LogP contribution in [-0.4, -0.2) is 30.8 Å². The average Bonchev–Trinajstić information content (AvgIpc) is 2.83. The zero-order valence-electron chi connectivity index (χ0n) is 18.9. The summed E-state index contributed by atoms with van der Waals surface area (Å²) in [6.07, 6.45) is 1.68. The fourth-order valence-corrected chi connectivity index (χ4v) is 4.63. The van der Waals surface area contributed by atoms with Gasteiger partial charge in [0.05, 0.1) is 21.8 Å². The number of rotatable bonds is 6. The third kappa shape index (κ3) is 4.69. The summed E-state index contributed by atoms with van der Waals surface area (Å²) < 4.78 is 34.1. The Labute approximate surface area is 197 Å². The number of carbonyl (C=O) groups is 1. The van der Waals surface area contributed by atoms with Gasteiger partial charge < -0.3 is 4.74 Å². The summed E-state index contributed by atoms with van der Waals surface area (Å²) >= 11 is 0. The van der Waals surface area contributed by atoms with Gasteiger partial charge in [0, 0.05) is 19.3 Å². The predicted molar refractivity (Wildman–Crippen MR) is 129 cm³/mol. The molecule has 0 amide bonds. The van der Waals surface area contributed by atoms with E-state index in [1.165, 1.54) is 41.8 Å². The monoisotopic (exact) mass is 477 g/mol. The Bertz CT molecular complexity index is 1540. The van der Waals surface area contributed by atoms with Crippen molar-refractivity contribution in [1.82, 2.24) is 9.38 Å². The summed E-state index contributed by atoms with van der Waals surface area (Å²) in [5.74, 6) is -0.721. The van der Waals surface area contributed by atoms with E-state index < -0.39 is 16.0 Å². The van der Waals surface area contributed by atoms with Gasteiger partial charge in [-0.2, -0.15) is 0 Å². The Morgan fingerprint density at radius 2 is 1.71 bits per heavy atom. The minimum Gasteiger partial charge on any atom is -0.456 e. The molecule has 4 rings (SSSR count). The van der Waals surface area contributed by atoms with E-state index in [4.69, 9.17) is 4.74 Å². The zero-order valence-corrected chi connectivity index (χ0v) is 19.7. The number of esters is 1. The van der Waals surface area contributed by atoms with Gasteiger partial charge in [0.2, 0.25) is 0 Å². The van der Waals surface area contributed by atoms with Crippen molar-refractivity contribution in [2.75, 3.05) is 11.4 Å². The van der Waals surface area contributed by atoms with Crippen LogP contribution in [0.25, 0.3) is 5.65 Å². The second kappa shape index (κ2) is 9.11. The molecule has 0 spiro atoms. The molecular formula is C25H23N3O5S. The molecule has 0 unspecified atom stereocenters. The van der Waals surface area contributed by atoms with Gasteiger partial charge in [-0.3, -0.25) is 13.5 Å². The molecule has 2 aromatic carbocycles. The summed E-state index contributed by atoms with van der Waals surface area (Å²) in [4.78, 5) is 29.3. The largest absolute Gasteiger partial charge is 0.456 e. The third-order valence-corrected chi connectivity index (χ3v) is 7.12. The van der Waals surface area contributed by atoms with Crippen LogP contribution in [0.15, 0.2) is 82.6 Å². The minimum absolute atomic E-state index is 0.0394. The molecule has 34 heavy (non-hydrogen) atoms. The lowest BCUT2D eigenvalue weighted by atomic mass is 10.2. The SMILES string of the molecule is Cc1ccc(N(C)S(=O)(=O)c2cccc(C(=O)OCc3cc(=O)n4cc(C)ccc4n3)c2)cc1. The first kappa shape index (κ1) is 23.2. The highest BCUT2D eigenvalue weighted by Crippen LogP contribution is 2.23. The van der Waals surface area contributed by atoms with E-state index in [2.05, 4.69) is 4.98 Å². The molecule has 0 N–H and O–H groups in total. The summed E-state index contributed by atoms with van der Waals surface area (Å²) in [7, 11) is -2.44. The second-order valence-electron chi connectivity index (χ2n) is 7.93. The number of aryl methyl sites for hydroxylation is 2. The number of sulfonamides is 1. The number of benzene rings is 2.